The molecule has 7 heteroatoms. The van der Waals surface area contributed by atoms with Gasteiger partial charge in [0.05, 0.1) is 0 Å². The molecule has 96 valence electrons. The third-order valence-corrected chi connectivity index (χ3v) is 3.07. The Labute approximate surface area is 114 Å². The molecule has 18 heavy (non-hydrogen) atoms. The highest BCUT2D eigenvalue weighted by Gasteiger charge is 2.13. The van der Waals surface area contributed by atoms with Crippen LogP contribution in [0.1, 0.15) is 13.8 Å². The largest absolute Gasteiger partial charge is 0.368 e. The predicted octanol–water partition coefficient (Wildman–Crippen LogP) is 1.85. The van der Waals surface area contributed by atoms with Gasteiger partial charge < -0.3 is 10.6 Å². The van der Waals surface area contributed by atoms with Crippen LogP contribution >= 0.6 is 15.9 Å². The summed E-state index contributed by atoms with van der Waals surface area (Å²) in [6.45, 7) is 5.79. The molecule has 2 aromatic rings. The number of aromatic nitrogens is 4. The molecule has 0 aliphatic rings. The van der Waals surface area contributed by atoms with E-state index in [1.807, 2.05) is 17.0 Å². The van der Waals surface area contributed by atoms with Crippen LogP contribution in [0.15, 0.2) is 22.8 Å². The van der Waals surface area contributed by atoms with Crippen LogP contribution in [0.4, 0.5) is 11.9 Å². The summed E-state index contributed by atoms with van der Waals surface area (Å²) < 4.78 is 2.45. The summed E-state index contributed by atoms with van der Waals surface area (Å²) in [5.41, 5.74) is 5.87. The Morgan fingerprint density at radius 2 is 2.06 bits per heavy atom. The fourth-order valence-corrected chi connectivity index (χ4v) is 1.85. The maximum atomic E-state index is 5.87. The smallest absolute Gasteiger partial charge is 0.247 e. The van der Waals surface area contributed by atoms with E-state index in [2.05, 4.69) is 44.8 Å². The number of nitrogen functional groups attached to an aromatic ring is 1. The number of rotatable bonds is 4. The number of halogens is 1. The van der Waals surface area contributed by atoms with Crippen LogP contribution in [0.5, 0.6) is 0 Å². The Balaban J connectivity index is 2.37. The Hall–Kier alpha value is -1.63. The van der Waals surface area contributed by atoms with Crippen molar-refractivity contribution in [3.8, 4) is 5.82 Å². The van der Waals surface area contributed by atoms with Crippen LogP contribution in [0, 0.1) is 0 Å². The van der Waals surface area contributed by atoms with E-state index in [0.717, 1.165) is 17.6 Å². The molecule has 0 spiro atoms. The van der Waals surface area contributed by atoms with Crippen molar-refractivity contribution in [2.24, 2.45) is 0 Å². The van der Waals surface area contributed by atoms with Crippen molar-refractivity contribution in [3.05, 3.63) is 22.8 Å². The van der Waals surface area contributed by atoms with Crippen molar-refractivity contribution in [3.63, 3.8) is 0 Å². The molecule has 0 aliphatic heterocycles. The van der Waals surface area contributed by atoms with E-state index in [9.17, 15) is 0 Å². The van der Waals surface area contributed by atoms with Gasteiger partial charge in [-0.25, -0.2) is 4.98 Å². The first-order valence-electron chi connectivity index (χ1n) is 5.75. The zero-order valence-corrected chi connectivity index (χ0v) is 11.9. The minimum Gasteiger partial charge on any atom is -0.368 e. The lowest BCUT2D eigenvalue weighted by Crippen LogP contribution is -2.23. The first-order chi connectivity index (χ1) is 8.65. The summed E-state index contributed by atoms with van der Waals surface area (Å²) in [5.74, 6) is 1.62. The molecule has 0 amide bonds. The molecule has 0 radical (unpaired) electrons. The first-order valence-corrected chi connectivity index (χ1v) is 6.54. The van der Waals surface area contributed by atoms with Gasteiger partial charge in [-0.2, -0.15) is 9.67 Å². The van der Waals surface area contributed by atoms with Crippen LogP contribution < -0.4 is 10.6 Å². The van der Waals surface area contributed by atoms with E-state index in [4.69, 9.17) is 5.73 Å². The Morgan fingerprint density at radius 1 is 1.33 bits per heavy atom. The normalized spacial score (nSPS) is 10.6. The minimum atomic E-state index is 0.340. The predicted molar refractivity (Wildman–Crippen MR) is 74.8 cm³/mol. The molecular formula is C11H15BrN6. The number of anilines is 2. The highest BCUT2D eigenvalue weighted by Crippen LogP contribution is 2.16. The second-order valence-corrected chi connectivity index (χ2v) is 4.60. The number of nitrogens with zero attached hydrogens (tertiary/aromatic N) is 5. The zero-order valence-electron chi connectivity index (χ0n) is 10.3. The van der Waals surface area contributed by atoms with Gasteiger partial charge in [0.25, 0.3) is 0 Å². The Kier molecular flexibility index (Phi) is 3.81. The van der Waals surface area contributed by atoms with Gasteiger partial charge in [-0.15, -0.1) is 5.10 Å². The lowest BCUT2D eigenvalue weighted by Gasteiger charge is -2.15. The fourth-order valence-electron chi connectivity index (χ4n) is 1.62. The van der Waals surface area contributed by atoms with Gasteiger partial charge >= 0.3 is 0 Å². The van der Waals surface area contributed by atoms with E-state index in [1.165, 1.54) is 0 Å². The van der Waals surface area contributed by atoms with E-state index in [0.29, 0.717) is 17.7 Å². The van der Waals surface area contributed by atoms with Crippen molar-refractivity contribution in [2.75, 3.05) is 23.7 Å². The lowest BCUT2D eigenvalue weighted by atomic mass is 10.5. The topological polar surface area (TPSA) is 72.9 Å². The van der Waals surface area contributed by atoms with E-state index in [1.54, 1.807) is 10.9 Å². The van der Waals surface area contributed by atoms with Gasteiger partial charge in [0.1, 0.15) is 0 Å². The van der Waals surface area contributed by atoms with Crippen LogP contribution in [0.2, 0.25) is 0 Å². The highest BCUT2D eigenvalue weighted by atomic mass is 79.9. The summed E-state index contributed by atoms with van der Waals surface area (Å²) in [6.07, 6.45) is 1.70. The standard InChI is InChI=1S/C11H15BrN6/c1-3-17(4-2)11-15-10(13)18(16-11)9-6-5-8(12)7-14-9/h5-7H,3-4H2,1-2H3,(H2,13,15,16). The van der Waals surface area contributed by atoms with Crippen molar-refractivity contribution in [1.29, 1.82) is 0 Å². The maximum Gasteiger partial charge on any atom is 0.247 e. The number of hydrogen-bond donors (Lipinski definition) is 1. The quantitative estimate of drug-likeness (QED) is 0.933. The van der Waals surface area contributed by atoms with Crippen LogP contribution in [-0.4, -0.2) is 32.8 Å². The SMILES string of the molecule is CCN(CC)c1nc(N)n(-c2ccc(Br)cn2)n1. The van der Waals surface area contributed by atoms with E-state index in [-0.39, 0.29) is 0 Å². The molecule has 0 unspecified atom stereocenters. The second kappa shape index (κ2) is 5.34. The fraction of sp³-hybridized carbons (Fsp3) is 0.364. The molecule has 0 saturated heterocycles. The molecule has 0 atom stereocenters. The maximum absolute atomic E-state index is 5.87. The number of pyridine rings is 1. The van der Waals surface area contributed by atoms with E-state index >= 15 is 0 Å². The second-order valence-electron chi connectivity index (χ2n) is 3.69. The van der Waals surface area contributed by atoms with Crippen LogP contribution in [-0.2, 0) is 0 Å². The van der Waals surface area contributed by atoms with Gasteiger partial charge in [0.15, 0.2) is 5.82 Å². The molecule has 2 rings (SSSR count). The third-order valence-electron chi connectivity index (χ3n) is 2.60. The molecule has 0 bridgehead atoms. The van der Waals surface area contributed by atoms with Gasteiger partial charge in [0, 0.05) is 23.8 Å². The van der Waals surface area contributed by atoms with Crippen molar-refractivity contribution < 1.29 is 0 Å². The van der Waals surface area contributed by atoms with Crippen molar-refractivity contribution >= 4 is 27.8 Å². The third kappa shape index (κ3) is 2.45. The minimum absolute atomic E-state index is 0.340. The van der Waals surface area contributed by atoms with Crippen LogP contribution in [0.25, 0.3) is 5.82 Å². The van der Waals surface area contributed by atoms with Gasteiger partial charge in [-0.05, 0) is 41.9 Å². The molecule has 0 aromatic carbocycles. The molecule has 0 fully saturated rings. The molecule has 2 heterocycles. The molecule has 6 nitrogen and oxygen atoms in total. The monoisotopic (exact) mass is 310 g/mol. The zero-order chi connectivity index (χ0) is 13.1. The molecule has 0 aliphatic carbocycles. The lowest BCUT2D eigenvalue weighted by molar-refractivity contribution is 0.794. The molecule has 2 N–H and O–H groups in total. The van der Waals surface area contributed by atoms with E-state index < -0.39 is 0 Å². The molecular weight excluding hydrogens is 296 g/mol. The highest BCUT2D eigenvalue weighted by molar-refractivity contribution is 9.10. The average Bonchev–Trinajstić information content (AvgIpc) is 2.74. The summed E-state index contributed by atoms with van der Waals surface area (Å²) in [5, 5.41) is 4.38. The first kappa shape index (κ1) is 12.8. The number of hydrogen-bond acceptors (Lipinski definition) is 5. The summed E-state index contributed by atoms with van der Waals surface area (Å²) in [7, 11) is 0. The van der Waals surface area contributed by atoms with Gasteiger partial charge in [-0.1, -0.05) is 0 Å². The number of nitrogens with two attached hydrogens (primary N) is 1. The van der Waals surface area contributed by atoms with Crippen molar-refractivity contribution in [2.45, 2.75) is 13.8 Å². The molecule has 2 aromatic heterocycles. The summed E-state index contributed by atoms with van der Waals surface area (Å²) in [6, 6.07) is 3.72. The van der Waals surface area contributed by atoms with Crippen LogP contribution in [0.3, 0.4) is 0 Å². The molecule has 0 saturated carbocycles. The van der Waals surface area contributed by atoms with Crippen molar-refractivity contribution in [1.82, 2.24) is 19.7 Å². The Morgan fingerprint density at radius 3 is 2.61 bits per heavy atom. The summed E-state index contributed by atoms with van der Waals surface area (Å²) in [4.78, 5) is 10.5. The van der Waals surface area contributed by atoms with Gasteiger partial charge in [-0.3, -0.25) is 0 Å². The Bertz CT molecular complexity index is 517. The average molecular weight is 311 g/mol. The summed E-state index contributed by atoms with van der Waals surface area (Å²) >= 11 is 3.34. The van der Waals surface area contributed by atoms with Gasteiger partial charge in [0.2, 0.25) is 11.9 Å².